The molecule has 3 rings (SSSR count). The average molecular weight is 478 g/mol. The summed E-state index contributed by atoms with van der Waals surface area (Å²) in [6.07, 6.45) is 0.844. The maximum atomic E-state index is 13.1. The number of rotatable bonds is 6. The second-order valence-corrected chi connectivity index (χ2v) is 9.37. The van der Waals surface area contributed by atoms with Gasteiger partial charge in [0.1, 0.15) is 10.7 Å². The van der Waals surface area contributed by atoms with Crippen molar-refractivity contribution in [2.75, 3.05) is 31.6 Å². The van der Waals surface area contributed by atoms with Gasteiger partial charge >= 0.3 is 0 Å². The lowest BCUT2D eigenvalue weighted by Gasteiger charge is -2.19. The molecule has 2 aromatic rings. The van der Waals surface area contributed by atoms with Crippen molar-refractivity contribution >= 4 is 43.2 Å². The summed E-state index contributed by atoms with van der Waals surface area (Å²) in [4.78, 5) is 2.12. The molecule has 1 saturated heterocycles. The van der Waals surface area contributed by atoms with Gasteiger partial charge < -0.3 is 9.64 Å². The lowest BCUT2D eigenvalue weighted by atomic mass is 10.1. The highest BCUT2D eigenvalue weighted by atomic mass is 79.9. The Bertz CT molecular complexity index is 925. The Balaban J connectivity index is 1.67. The fourth-order valence-electron chi connectivity index (χ4n) is 3.13. The van der Waals surface area contributed by atoms with E-state index >= 15 is 0 Å². The molecule has 0 bridgehead atoms. The van der Waals surface area contributed by atoms with E-state index in [2.05, 4.69) is 25.6 Å². The van der Waals surface area contributed by atoms with Crippen LogP contribution >= 0.6 is 27.5 Å². The third-order valence-corrected chi connectivity index (χ3v) is 6.74. The quantitative estimate of drug-likeness (QED) is 0.682. The number of halogens is 3. The highest BCUT2D eigenvalue weighted by Gasteiger charge is 2.27. The first-order valence-electron chi connectivity index (χ1n) is 8.33. The van der Waals surface area contributed by atoms with E-state index in [4.69, 9.17) is 16.3 Å². The molecule has 9 heteroatoms. The Morgan fingerprint density at radius 1 is 1.33 bits per heavy atom. The van der Waals surface area contributed by atoms with E-state index in [-0.39, 0.29) is 22.4 Å². The van der Waals surface area contributed by atoms with E-state index in [1.54, 1.807) is 18.2 Å². The summed E-state index contributed by atoms with van der Waals surface area (Å²) in [5.41, 5.74) is 0.933. The van der Waals surface area contributed by atoms with Gasteiger partial charge in [0.05, 0.1) is 11.6 Å². The highest BCUT2D eigenvalue weighted by Crippen LogP contribution is 2.35. The monoisotopic (exact) mass is 476 g/mol. The molecule has 27 heavy (non-hydrogen) atoms. The number of hydrogen-bond donors (Lipinski definition) is 1. The Morgan fingerprint density at radius 2 is 2.04 bits per heavy atom. The van der Waals surface area contributed by atoms with Crippen LogP contribution < -0.4 is 14.4 Å². The molecule has 1 atom stereocenters. The van der Waals surface area contributed by atoms with E-state index in [9.17, 15) is 12.8 Å². The maximum absolute atomic E-state index is 13.1. The van der Waals surface area contributed by atoms with Gasteiger partial charge in [0, 0.05) is 30.3 Å². The van der Waals surface area contributed by atoms with Crippen molar-refractivity contribution in [1.82, 2.24) is 4.72 Å². The van der Waals surface area contributed by atoms with Gasteiger partial charge in [-0.1, -0.05) is 11.6 Å². The van der Waals surface area contributed by atoms with Crippen molar-refractivity contribution < 1.29 is 17.5 Å². The smallest absolute Gasteiger partial charge is 0.244 e. The molecular formula is C18H19BrClFN2O3S. The molecular weight excluding hydrogens is 459 g/mol. The SMILES string of the molecule is COc1c(Br)cc(Cl)cc1S(=O)(=O)NCC1CCN(c2ccc(F)cc2)C1. The number of ether oxygens (including phenoxy) is 1. The second kappa shape index (κ2) is 8.34. The molecule has 1 heterocycles. The van der Waals surface area contributed by atoms with Gasteiger partial charge in [-0.05, 0) is 64.7 Å². The minimum Gasteiger partial charge on any atom is -0.494 e. The maximum Gasteiger partial charge on any atom is 0.244 e. The third-order valence-electron chi connectivity index (χ3n) is 4.51. The lowest BCUT2D eigenvalue weighted by molar-refractivity contribution is 0.399. The van der Waals surface area contributed by atoms with Gasteiger partial charge in [0.15, 0.2) is 5.75 Å². The summed E-state index contributed by atoms with van der Waals surface area (Å²) in [7, 11) is -2.37. The van der Waals surface area contributed by atoms with E-state index in [1.165, 1.54) is 25.3 Å². The summed E-state index contributed by atoms with van der Waals surface area (Å²) in [5, 5.41) is 0.298. The summed E-state index contributed by atoms with van der Waals surface area (Å²) < 4.78 is 46.9. The Kier molecular flexibility index (Phi) is 6.30. The number of hydrogen-bond acceptors (Lipinski definition) is 4. The molecule has 0 aromatic heterocycles. The second-order valence-electron chi connectivity index (χ2n) is 6.35. The minimum atomic E-state index is -3.78. The van der Waals surface area contributed by atoms with E-state index < -0.39 is 10.0 Å². The third kappa shape index (κ3) is 4.74. The van der Waals surface area contributed by atoms with Crippen molar-refractivity contribution in [3.63, 3.8) is 0 Å². The molecule has 0 saturated carbocycles. The molecule has 2 aromatic carbocycles. The topological polar surface area (TPSA) is 58.6 Å². The zero-order valence-electron chi connectivity index (χ0n) is 14.6. The molecule has 0 spiro atoms. The first kappa shape index (κ1) is 20.4. The fraction of sp³-hybridized carbons (Fsp3) is 0.333. The van der Waals surface area contributed by atoms with Crippen LogP contribution in [0.4, 0.5) is 10.1 Å². The van der Waals surface area contributed by atoms with Crippen molar-refractivity contribution in [3.05, 3.63) is 51.7 Å². The Morgan fingerprint density at radius 3 is 2.70 bits per heavy atom. The molecule has 5 nitrogen and oxygen atoms in total. The zero-order valence-corrected chi connectivity index (χ0v) is 17.7. The van der Waals surface area contributed by atoms with Crippen LogP contribution in [0.15, 0.2) is 45.8 Å². The number of benzene rings is 2. The summed E-state index contributed by atoms with van der Waals surface area (Å²) in [6.45, 7) is 1.79. The van der Waals surface area contributed by atoms with Crippen LogP contribution in [0.25, 0.3) is 0 Å². The fourth-order valence-corrected chi connectivity index (χ4v) is 5.62. The molecule has 0 aliphatic carbocycles. The molecule has 1 unspecified atom stereocenters. The molecule has 0 amide bonds. The Labute approximate surface area is 171 Å². The molecule has 0 radical (unpaired) electrons. The van der Waals surface area contributed by atoms with Gasteiger partial charge in [-0.25, -0.2) is 17.5 Å². The van der Waals surface area contributed by atoms with Gasteiger partial charge in [0.2, 0.25) is 10.0 Å². The van der Waals surface area contributed by atoms with Crippen molar-refractivity contribution in [2.24, 2.45) is 5.92 Å². The van der Waals surface area contributed by atoms with Gasteiger partial charge in [-0.2, -0.15) is 0 Å². The highest BCUT2D eigenvalue weighted by molar-refractivity contribution is 9.10. The van der Waals surface area contributed by atoms with Crippen LogP contribution in [0.2, 0.25) is 5.02 Å². The first-order chi connectivity index (χ1) is 12.8. The molecule has 1 fully saturated rings. The van der Waals surface area contributed by atoms with Gasteiger partial charge in [-0.3, -0.25) is 0 Å². The molecule has 1 aliphatic heterocycles. The lowest BCUT2D eigenvalue weighted by Crippen LogP contribution is -2.31. The van der Waals surface area contributed by atoms with Gasteiger partial charge in [-0.15, -0.1) is 0 Å². The zero-order chi connectivity index (χ0) is 19.6. The predicted octanol–water partition coefficient (Wildman–Crippen LogP) is 4.06. The van der Waals surface area contributed by atoms with Crippen molar-refractivity contribution in [1.29, 1.82) is 0 Å². The standard InChI is InChI=1S/C18H19BrClFN2O3S/c1-26-18-16(19)8-13(20)9-17(18)27(24,25)22-10-12-6-7-23(11-12)15-4-2-14(21)3-5-15/h2-5,8-9,12,22H,6-7,10-11H2,1H3. The molecule has 146 valence electrons. The van der Waals surface area contributed by atoms with Crippen LogP contribution in [0, 0.1) is 11.7 Å². The first-order valence-corrected chi connectivity index (χ1v) is 11.0. The molecule has 1 N–H and O–H groups in total. The van der Waals surface area contributed by atoms with Crippen molar-refractivity contribution in [3.8, 4) is 5.75 Å². The van der Waals surface area contributed by atoms with Crippen LogP contribution in [-0.4, -0.2) is 35.2 Å². The Hall–Kier alpha value is -1.35. The van der Waals surface area contributed by atoms with Crippen molar-refractivity contribution in [2.45, 2.75) is 11.3 Å². The van der Waals surface area contributed by atoms with Crippen LogP contribution in [0.5, 0.6) is 5.75 Å². The number of anilines is 1. The van der Waals surface area contributed by atoms with E-state index in [1.807, 2.05) is 0 Å². The van der Waals surface area contributed by atoms with Crippen LogP contribution in [0.1, 0.15) is 6.42 Å². The number of nitrogens with one attached hydrogen (secondary N) is 1. The number of nitrogens with zero attached hydrogens (tertiary/aromatic N) is 1. The van der Waals surface area contributed by atoms with E-state index in [0.29, 0.717) is 22.6 Å². The predicted molar refractivity (Wildman–Crippen MR) is 108 cm³/mol. The summed E-state index contributed by atoms with van der Waals surface area (Å²) in [5.74, 6) is 0.0913. The number of methoxy groups -OCH3 is 1. The van der Waals surface area contributed by atoms with Gasteiger partial charge in [0.25, 0.3) is 0 Å². The summed E-state index contributed by atoms with van der Waals surface area (Å²) in [6, 6.07) is 9.26. The van der Waals surface area contributed by atoms with E-state index in [0.717, 1.165) is 18.7 Å². The van der Waals surface area contributed by atoms with Crippen LogP contribution in [0.3, 0.4) is 0 Å². The average Bonchev–Trinajstić information content (AvgIpc) is 3.09. The minimum absolute atomic E-state index is 0.00207. The largest absolute Gasteiger partial charge is 0.494 e. The summed E-state index contributed by atoms with van der Waals surface area (Å²) >= 11 is 9.27. The number of sulfonamides is 1. The molecule has 1 aliphatic rings. The van der Waals surface area contributed by atoms with Crippen LogP contribution in [-0.2, 0) is 10.0 Å². The normalized spacial score (nSPS) is 17.3.